The Balaban J connectivity index is 2.64. The minimum absolute atomic E-state index is 0.0747. The summed E-state index contributed by atoms with van der Waals surface area (Å²) >= 11 is 0. The summed E-state index contributed by atoms with van der Waals surface area (Å²) in [7, 11) is 1.41. The fourth-order valence-corrected chi connectivity index (χ4v) is 2.16. The quantitative estimate of drug-likeness (QED) is 0.519. The van der Waals surface area contributed by atoms with Gasteiger partial charge in [0.1, 0.15) is 11.2 Å². The summed E-state index contributed by atoms with van der Waals surface area (Å²) in [5.41, 5.74) is 0.250. The Morgan fingerprint density at radius 3 is 2.61 bits per heavy atom. The predicted molar refractivity (Wildman–Crippen MR) is 89.7 cm³/mol. The molecule has 0 aromatic heterocycles. The van der Waals surface area contributed by atoms with Crippen LogP contribution in [0.1, 0.15) is 25.0 Å². The van der Waals surface area contributed by atoms with Crippen molar-refractivity contribution in [1.29, 1.82) is 0 Å². The topological polar surface area (TPSA) is 66.8 Å². The maximum atomic E-state index is 11.5. The number of aliphatic carboxylic acids is 1. The largest absolute Gasteiger partial charge is 0.503 e. The summed E-state index contributed by atoms with van der Waals surface area (Å²) in [6, 6.07) is 11.0. The average molecular weight is 310 g/mol. The van der Waals surface area contributed by atoms with Crippen LogP contribution in [-0.2, 0) is 9.53 Å². The van der Waals surface area contributed by atoms with Gasteiger partial charge in [-0.15, -0.1) is 0 Å². The SMILES string of the molecule is COC=C(C(=O)O)c1cccc2ccc(C#CC(C)(C)O)cc12. The second-order valence-corrected chi connectivity index (χ2v) is 5.62. The number of hydrogen-bond acceptors (Lipinski definition) is 3. The van der Waals surface area contributed by atoms with Crippen molar-refractivity contribution in [3.63, 3.8) is 0 Å². The van der Waals surface area contributed by atoms with Gasteiger partial charge in [0.15, 0.2) is 0 Å². The van der Waals surface area contributed by atoms with Crippen LogP contribution in [0.15, 0.2) is 42.7 Å². The molecule has 0 saturated carbocycles. The lowest BCUT2D eigenvalue weighted by atomic mass is 9.97. The number of aliphatic hydroxyl groups is 1. The van der Waals surface area contributed by atoms with Crippen molar-refractivity contribution in [2.75, 3.05) is 7.11 Å². The summed E-state index contributed by atoms with van der Waals surface area (Å²) in [6.07, 6.45) is 1.21. The van der Waals surface area contributed by atoms with E-state index in [0.717, 1.165) is 10.8 Å². The zero-order valence-corrected chi connectivity index (χ0v) is 13.3. The van der Waals surface area contributed by atoms with Crippen molar-refractivity contribution in [3.8, 4) is 11.8 Å². The molecule has 0 aliphatic heterocycles. The standard InChI is InChI=1S/C19H18O4/c1-19(2,22)10-9-13-7-8-14-5-4-6-15(16(14)11-13)17(12-23-3)18(20)21/h4-8,11-12,22H,1-3H3,(H,20,21). The predicted octanol–water partition coefficient (Wildman–Crippen LogP) is 3.03. The molecule has 0 radical (unpaired) electrons. The van der Waals surface area contributed by atoms with E-state index in [1.54, 1.807) is 26.0 Å². The molecule has 0 fully saturated rings. The fourth-order valence-electron chi connectivity index (χ4n) is 2.16. The van der Waals surface area contributed by atoms with Crippen LogP contribution in [0.4, 0.5) is 0 Å². The molecule has 0 atom stereocenters. The van der Waals surface area contributed by atoms with Gasteiger partial charge in [-0.25, -0.2) is 4.79 Å². The first-order valence-corrected chi connectivity index (χ1v) is 7.07. The number of ether oxygens (including phenoxy) is 1. The van der Waals surface area contributed by atoms with Gasteiger partial charge in [-0.2, -0.15) is 0 Å². The van der Waals surface area contributed by atoms with Crippen molar-refractivity contribution in [1.82, 2.24) is 0 Å². The number of methoxy groups -OCH3 is 1. The Kier molecular flexibility index (Phi) is 4.73. The second kappa shape index (κ2) is 6.55. The van der Waals surface area contributed by atoms with Gasteiger partial charge in [-0.1, -0.05) is 36.1 Å². The summed E-state index contributed by atoms with van der Waals surface area (Å²) in [5.74, 6) is 4.59. The van der Waals surface area contributed by atoms with Gasteiger partial charge in [0.25, 0.3) is 0 Å². The van der Waals surface area contributed by atoms with E-state index >= 15 is 0 Å². The van der Waals surface area contributed by atoms with Crippen LogP contribution in [0.25, 0.3) is 16.3 Å². The Morgan fingerprint density at radius 2 is 2.00 bits per heavy atom. The number of carboxylic acid groups (broad SMARTS) is 1. The lowest BCUT2D eigenvalue weighted by molar-refractivity contribution is -0.130. The van der Waals surface area contributed by atoms with Gasteiger partial charge < -0.3 is 14.9 Å². The van der Waals surface area contributed by atoms with Crippen molar-refractivity contribution < 1.29 is 19.7 Å². The number of rotatable bonds is 3. The zero-order valence-electron chi connectivity index (χ0n) is 13.3. The molecule has 4 heteroatoms. The highest BCUT2D eigenvalue weighted by atomic mass is 16.5. The van der Waals surface area contributed by atoms with Gasteiger partial charge in [-0.3, -0.25) is 0 Å². The first-order valence-electron chi connectivity index (χ1n) is 7.07. The number of fused-ring (bicyclic) bond motifs is 1. The molecule has 0 spiro atoms. The molecule has 2 aromatic carbocycles. The van der Waals surface area contributed by atoms with E-state index in [-0.39, 0.29) is 5.57 Å². The summed E-state index contributed by atoms with van der Waals surface area (Å²) in [4.78, 5) is 11.5. The van der Waals surface area contributed by atoms with Crippen LogP contribution in [0.5, 0.6) is 0 Å². The fraction of sp³-hybridized carbons (Fsp3) is 0.211. The molecule has 2 N–H and O–H groups in total. The number of hydrogen-bond donors (Lipinski definition) is 2. The first kappa shape index (κ1) is 16.6. The molecular formula is C19H18O4. The van der Waals surface area contributed by atoms with E-state index < -0.39 is 11.6 Å². The maximum Gasteiger partial charge on any atom is 0.339 e. The number of benzene rings is 2. The number of carboxylic acids is 1. The third kappa shape index (κ3) is 4.12. The molecule has 0 saturated heterocycles. The van der Waals surface area contributed by atoms with Crippen molar-refractivity contribution in [3.05, 3.63) is 53.8 Å². The van der Waals surface area contributed by atoms with E-state index in [2.05, 4.69) is 11.8 Å². The molecule has 2 rings (SSSR count). The Labute approximate surface area is 135 Å². The van der Waals surface area contributed by atoms with E-state index in [1.165, 1.54) is 13.4 Å². The van der Waals surface area contributed by atoms with Gasteiger partial charge in [-0.05, 0) is 42.3 Å². The lowest BCUT2D eigenvalue weighted by Gasteiger charge is -2.09. The van der Waals surface area contributed by atoms with Crippen molar-refractivity contribution in [2.24, 2.45) is 0 Å². The van der Waals surface area contributed by atoms with Gasteiger partial charge in [0, 0.05) is 5.56 Å². The first-order chi connectivity index (χ1) is 10.8. The minimum Gasteiger partial charge on any atom is -0.503 e. The van der Waals surface area contributed by atoms with Crippen LogP contribution in [0.3, 0.4) is 0 Å². The molecule has 0 aliphatic rings. The van der Waals surface area contributed by atoms with Crippen molar-refractivity contribution in [2.45, 2.75) is 19.4 Å². The van der Waals surface area contributed by atoms with Crippen molar-refractivity contribution >= 4 is 22.3 Å². The van der Waals surface area contributed by atoms with E-state index in [9.17, 15) is 15.0 Å². The van der Waals surface area contributed by atoms with Gasteiger partial charge in [0.05, 0.1) is 13.4 Å². The molecule has 23 heavy (non-hydrogen) atoms. The third-order valence-electron chi connectivity index (χ3n) is 3.15. The molecule has 0 bridgehead atoms. The Bertz CT molecular complexity index is 830. The molecule has 0 unspecified atom stereocenters. The lowest BCUT2D eigenvalue weighted by Crippen LogP contribution is -2.14. The smallest absolute Gasteiger partial charge is 0.339 e. The minimum atomic E-state index is -1.09. The van der Waals surface area contributed by atoms with E-state index in [1.807, 2.05) is 24.3 Å². The Morgan fingerprint density at radius 1 is 1.26 bits per heavy atom. The van der Waals surface area contributed by atoms with Crippen LogP contribution >= 0.6 is 0 Å². The summed E-state index contributed by atoms with van der Waals surface area (Å²) in [5, 5.41) is 20.8. The van der Waals surface area contributed by atoms with Crippen LogP contribution in [0, 0.1) is 11.8 Å². The molecule has 0 amide bonds. The van der Waals surface area contributed by atoms with Crippen LogP contribution in [0.2, 0.25) is 0 Å². The van der Waals surface area contributed by atoms with Crippen LogP contribution < -0.4 is 0 Å². The van der Waals surface area contributed by atoms with Crippen LogP contribution in [-0.4, -0.2) is 28.9 Å². The van der Waals surface area contributed by atoms with E-state index in [0.29, 0.717) is 11.1 Å². The molecule has 4 nitrogen and oxygen atoms in total. The second-order valence-electron chi connectivity index (χ2n) is 5.62. The average Bonchev–Trinajstić information content (AvgIpc) is 2.49. The summed E-state index contributed by atoms with van der Waals surface area (Å²) < 4.78 is 4.89. The Hall–Kier alpha value is -2.77. The molecule has 2 aromatic rings. The zero-order chi connectivity index (χ0) is 17.0. The molecular weight excluding hydrogens is 292 g/mol. The van der Waals surface area contributed by atoms with Gasteiger partial charge >= 0.3 is 5.97 Å². The van der Waals surface area contributed by atoms with E-state index in [4.69, 9.17) is 4.74 Å². The highest BCUT2D eigenvalue weighted by molar-refractivity contribution is 6.19. The maximum absolute atomic E-state index is 11.5. The molecule has 118 valence electrons. The summed E-state index contributed by atoms with van der Waals surface area (Å²) in [6.45, 7) is 3.21. The highest BCUT2D eigenvalue weighted by Gasteiger charge is 2.14. The molecule has 0 aliphatic carbocycles. The highest BCUT2D eigenvalue weighted by Crippen LogP contribution is 2.26. The molecule has 0 heterocycles. The normalized spacial score (nSPS) is 11.7. The third-order valence-corrected chi connectivity index (χ3v) is 3.15. The monoisotopic (exact) mass is 310 g/mol. The number of carbonyl (C=O) groups is 1. The van der Waals surface area contributed by atoms with Gasteiger partial charge in [0.2, 0.25) is 0 Å².